The Labute approximate surface area is 73.7 Å². The largest absolute Gasteiger partial charge is 0.506 e. The van der Waals surface area contributed by atoms with Crippen LogP contribution in [0.1, 0.15) is 13.1 Å². The lowest BCUT2D eigenvalue weighted by molar-refractivity contribution is 0.378. The molecule has 3 heteroatoms. The lowest BCUT2D eigenvalue weighted by Crippen LogP contribution is -2.11. The first-order valence-electron chi connectivity index (χ1n) is 3.47. The molecule has 0 amide bonds. The molecule has 12 heavy (non-hydrogen) atoms. The Morgan fingerprint density at radius 3 is 2.67 bits per heavy atom. The maximum Gasteiger partial charge on any atom is 0.138 e. The van der Waals surface area contributed by atoms with Gasteiger partial charge < -0.3 is 10.0 Å². The summed E-state index contributed by atoms with van der Waals surface area (Å²) in [5.41, 5.74) is 0.720. The Kier molecular flexibility index (Phi) is 4.29. The zero-order valence-electron chi connectivity index (χ0n) is 6.78. The molecule has 0 saturated carbocycles. The highest BCUT2D eigenvalue weighted by molar-refractivity contribution is 5.24. The quantitative estimate of drug-likeness (QED) is 0.726. The van der Waals surface area contributed by atoms with Crippen LogP contribution >= 0.6 is 0 Å². The number of aromatic hydroxyl groups is 1. The first kappa shape index (κ1) is 10.9. The van der Waals surface area contributed by atoms with Crippen molar-refractivity contribution in [3.8, 4) is 5.75 Å². The Morgan fingerprint density at radius 2 is 2.17 bits per heavy atom. The molecule has 0 aromatic carbocycles. The molecule has 1 aromatic heterocycles. The maximum atomic E-state index is 9.27. The van der Waals surface area contributed by atoms with Gasteiger partial charge in [0.1, 0.15) is 5.75 Å². The van der Waals surface area contributed by atoms with Crippen LogP contribution in [0, 0.1) is 0 Å². The highest BCUT2D eigenvalue weighted by Crippen LogP contribution is 2.12. The van der Waals surface area contributed by atoms with E-state index in [2.05, 4.69) is 4.98 Å². The van der Waals surface area contributed by atoms with Crippen molar-refractivity contribution in [3.05, 3.63) is 24.0 Å². The maximum absolute atomic E-state index is 9.27. The van der Waals surface area contributed by atoms with E-state index in [-0.39, 0.29) is 13.2 Å². The molecule has 0 aliphatic carbocycles. The lowest BCUT2D eigenvalue weighted by Gasteiger charge is -2.08. The average molecular weight is 168 g/mol. The number of pyridine rings is 1. The van der Waals surface area contributed by atoms with Crippen molar-refractivity contribution in [3.63, 3.8) is 0 Å². The third kappa shape index (κ3) is 2.88. The number of rotatable bonds is 2. The molecule has 0 unspecified atom stereocenters. The van der Waals surface area contributed by atoms with Crippen LogP contribution in [-0.2, 0) is 6.54 Å². The molecule has 0 aliphatic heterocycles. The number of hydrogen-bond acceptors (Lipinski definition) is 3. The Hall–Kier alpha value is -1.09. The van der Waals surface area contributed by atoms with Crippen molar-refractivity contribution >= 4 is 0 Å². The minimum atomic E-state index is 0. The van der Waals surface area contributed by atoms with Crippen LogP contribution in [0.2, 0.25) is 0 Å². The fourth-order valence-corrected chi connectivity index (χ4v) is 0.851. The first-order chi connectivity index (χ1) is 5.20. The molecule has 3 nitrogen and oxygen atoms in total. The standard InChI is InChI=1S/C8H12N2O.CH4/c1-10(2)6-7-8(11)4-3-5-9-7;/h3-5,11H,6H2,1-2H3;1H4. The summed E-state index contributed by atoms with van der Waals surface area (Å²) in [6, 6.07) is 3.36. The van der Waals surface area contributed by atoms with Gasteiger partial charge in [-0.3, -0.25) is 4.98 Å². The predicted octanol–water partition coefficient (Wildman–Crippen LogP) is 1.48. The van der Waals surface area contributed by atoms with E-state index in [1.165, 1.54) is 0 Å². The average Bonchev–Trinajstić information content (AvgIpc) is 1.93. The Bertz CT molecular complexity index is 236. The fraction of sp³-hybridized carbons (Fsp3) is 0.444. The van der Waals surface area contributed by atoms with Gasteiger partial charge in [0.05, 0.1) is 5.69 Å². The van der Waals surface area contributed by atoms with E-state index in [1.54, 1.807) is 18.3 Å². The summed E-state index contributed by atoms with van der Waals surface area (Å²) < 4.78 is 0. The van der Waals surface area contributed by atoms with E-state index in [9.17, 15) is 5.11 Å². The molecule has 0 bridgehead atoms. The van der Waals surface area contributed by atoms with Crippen LogP contribution < -0.4 is 0 Å². The number of hydrogen-bond donors (Lipinski definition) is 1. The first-order valence-corrected chi connectivity index (χ1v) is 3.47. The van der Waals surface area contributed by atoms with E-state index in [0.717, 1.165) is 5.69 Å². The molecule has 1 aromatic rings. The summed E-state index contributed by atoms with van der Waals surface area (Å²) in [6.45, 7) is 0.673. The van der Waals surface area contributed by atoms with Crippen LogP contribution in [0.15, 0.2) is 18.3 Å². The Balaban J connectivity index is 0.00000121. The minimum absolute atomic E-state index is 0. The van der Waals surface area contributed by atoms with Gasteiger partial charge in [-0.2, -0.15) is 0 Å². The van der Waals surface area contributed by atoms with Crippen LogP contribution in [-0.4, -0.2) is 29.1 Å². The van der Waals surface area contributed by atoms with Gasteiger partial charge in [-0.15, -0.1) is 0 Å². The van der Waals surface area contributed by atoms with E-state index >= 15 is 0 Å². The fourth-order valence-electron chi connectivity index (χ4n) is 0.851. The van der Waals surface area contributed by atoms with E-state index in [0.29, 0.717) is 6.54 Å². The molecule has 0 atom stereocenters. The summed E-state index contributed by atoms with van der Waals surface area (Å²) in [7, 11) is 3.88. The predicted molar refractivity (Wildman–Crippen MR) is 50.0 cm³/mol. The monoisotopic (exact) mass is 168 g/mol. The molecule has 0 aliphatic rings. The second kappa shape index (κ2) is 4.72. The molecule has 0 saturated heterocycles. The van der Waals surface area contributed by atoms with Crippen molar-refractivity contribution < 1.29 is 5.11 Å². The van der Waals surface area contributed by atoms with Crippen molar-refractivity contribution in [1.82, 2.24) is 9.88 Å². The van der Waals surface area contributed by atoms with Gasteiger partial charge in [-0.05, 0) is 26.2 Å². The van der Waals surface area contributed by atoms with Gasteiger partial charge in [0.25, 0.3) is 0 Å². The summed E-state index contributed by atoms with van der Waals surface area (Å²) in [5, 5.41) is 9.27. The van der Waals surface area contributed by atoms with Crippen molar-refractivity contribution in [2.75, 3.05) is 14.1 Å². The SMILES string of the molecule is C.CN(C)Cc1ncccc1O. The summed E-state index contributed by atoms with van der Waals surface area (Å²) in [4.78, 5) is 5.99. The van der Waals surface area contributed by atoms with Gasteiger partial charge in [-0.1, -0.05) is 7.43 Å². The molecule has 1 N–H and O–H groups in total. The highest BCUT2D eigenvalue weighted by Gasteiger charge is 2.00. The smallest absolute Gasteiger partial charge is 0.138 e. The molecule has 0 spiro atoms. The zero-order chi connectivity index (χ0) is 8.27. The second-order valence-electron chi connectivity index (χ2n) is 2.71. The van der Waals surface area contributed by atoms with Crippen LogP contribution in [0.3, 0.4) is 0 Å². The minimum Gasteiger partial charge on any atom is -0.506 e. The molecule has 0 fully saturated rings. The van der Waals surface area contributed by atoms with Crippen LogP contribution in [0.4, 0.5) is 0 Å². The van der Waals surface area contributed by atoms with Crippen molar-refractivity contribution in [2.24, 2.45) is 0 Å². The van der Waals surface area contributed by atoms with Gasteiger partial charge in [0.15, 0.2) is 0 Å². The van der Waals surface area contributed by atoms with Crippen molar-refractivity contribution in [1.29, 1.82) is 0 Å². The van der Waals surface area contributed by atoms with Gasteiger partial charge >= 0.3 is 0 Å². The zero-order valence-corrected chi connectivity index (χ0v) is 6.78. The number of aromatic nitrogens is 1. The van der Waals surface area contributed by atoms with E-state index in [4.69, 9.17) is 0 Å². The van der Waals surface area contributed by atoms with Crippen LogP contribution in [0.25, 0.3) is 0 Å². The molecule has 0 radical (unpaired) electrons. The summed E-state index contributed by atoms with van der Waals surface area (Å²) >= 11 is 0. The molecular weight excluding hydrogens is 152 g/mol. The second-order valence-corrected chi connectivity index (χ2v) is 2.71. The van der Waals surface area contributed by atoms with Crippen LogP contribution in [0.5, 0.6) is 5.75 Å². The van der Waals surface area contributed by atoms with E-state index in [1.807, 2.05) is 19.0 Å². The third-order valence-corrected chi connectivity index (χ3v) is 1.33. The number of nitrogens with zero attached hydrogens (tertiary/aromatic N) is 2. The molecule has 1 heterocycles. The third-order valence-electron chi connectivity index (χ3n) is 1.33. The Morgan fingerprint density at radius 1 is 1.50 bits per heavy atom. The highest BCUT2D eigenvalue weighted by atomic mass is 16.3. The van der Waals surface area contributed by atoms with Gasteiger partial charge in [0, 0.05) is 12.7 Å². The lowest BCUT2D eigenvalue weighted by atomic mass is 10.3. The molecule has 68 valence electrons. The van der Waals surface area contributed by atoms with Crippen molar-refractivity contribution in [2.45, 2.75) is 14.0 Å². The summed E-state index contributed by atoms with van der Waals surface area (Å²) in [6.07, 6.45) is 1.68. The van der Waals surface area contributed by atoms with Gasteiger partial charge in [0.2, 0.25) is 0 Å². The molecule has 1 rings (SSSR count). The summed E-state index contributed by atoms with van der Waals surface area (Å²) in [5.74, 6) is 0.265. The topological polar surface area (TPSA) is 36.4 Å². The normalized spacial score (nSPS) is 9.58. The van der Waals surface area contributed by atoms with E-state index < -0.39 is 0 Å². The molecular formula is C9H16N2O. The van der Waals surface area contributed by atoms with Gasteiger partial charge in [-0.25, -0.2) is 0 Å².